The van der Waals surface area contributed by atoms with Gasteiger partial charge in [-0.25, -0.2) is 0 Å². The van der Waals surface area contributed by atoms with Gasteiger partial charge in [0, 0.05) is 5.69 Å². The summed E-state index contributed by atoms with van der Waals surface area (Å²) in [5.41, 5.74) is 2.37. The van der Waals surface area contributed by atoms with E-state index >= 15 is 0 Å². The van der Waals surface area contributed by atoms with Gasteiger partial charge in [-0.15, -0.1) is 0 Å². The lowest BCUT2D eigenvalue weighted by Gasteiger charge is -2.15. The molecule has 1 amide bonds. The molecule has 0 aliphatic carbocycles. The van der Waals surface area contributed by atoms with Gasteiger partial charge in [-0.05, 0) is 29.7 Å². The number of anilines is 1. The molecule has 0 aromatic heterocycles. The van der Waals surface area contributed by atoms with Gasteiger partial charge >= 0.3 is 5.97 Å². The van der Waals surface area contributed by atoms with Gasteiger partial charge in [0.15, 0.2) is 0 Å². The smallest absolute Gasteiger partial charge is 0.307 e. The first-order valence-corrected chi connectivity index (χ1v) is 7.26. The average Bonchev–Trinajstić information content (AvgIpc) is 2.50. The molecule has 0 aliphatic rings. The van der Waals surface area contributed by atoms with E-state index < -0.39 is 5.97 Å². The Morgan fingerprint density at radius 3 is 2.23 bits per heavy atom. The van der Waals surface area contributed by atoms with Gasteiger partial charge in [0.2, 0.25) is 5.91 Å². The summed E-state index contributed by atoms with van der Waals surface area (Å²) in [5.74, 6) is -1.12. The van der Waals surface area contributed by atoms with E-state index in [0.717, 1.165) is 5.56 Å². The Balaban J connectivity index is 2.05. The first kappa shape index (κ1) is 15.8. The number of amides is 1. The minimum absolute atomic E-state index is 0.0180. The maximum atomic E-state index is 12.4. The van der Waals surface area contributed by atoms with Gasteiger partial charge in [-0.3, -0.25) is 9.59 Å². The molecule has 0 saturated carbocycles. The van der Waals surface area contributed by atoms with Crippen LogP contribution in [0, 0.1) is 0 Å². The summed E-state index contributed by atoms with van der Waals surface area (Å²) >= 11 is 0. The van der Waals surface area contributed by atoms with Gasteiger partial charge in [-0.1, -0.05) is 49.4 Å². The monoisotopic (exact) mass is 297 g/mol. The van der Waals surface area contributed by atoms with E-state index in [1.54, 1.807) is 24.3 Å². The quantitative estimate of drug-likeness (QED) is 0.858. The van der Waals surface area contributed by atoms with Gasteiger partial charge in [-0.2, -0.15) is 0 Å². The molecule has 0 spiro atoms. The van der Waals surface area contributed by atoms with Crippen molar-refractivity contribution in [2.75, 3.05) is 5.32 Å². The molecule has 114 valence electrons. The summed E-state index contributed by atoms with van der Waals surface area (Å²) in [6.45, 7) is 1.98. The number of carbonyl (C=O) groups is 2. The Bertz CT molecular complexity index is 635. The van der Waals surface area contributed by atoms with Gasteiger partial charge in [0.25, 0.3) is 0 Å². The lowest BCUT2D eigenvalue weighted by Crippen LogP contribution is -2.20. The summed E-state index contributed by atoms with van der Waals surface area (Å²) < 4.78 is 0. The van der Waals surface area contributed by atoms with E-state index in [1.165, 1.54) is 0 Å². The highest BCUT2D eigenvalue weighted by atomic mass is 16.4. The van der Waals surface area contributed by atoms with Crippen LogP contribution in [-0.4, -0.2) is 17.0 Å². The topological polar surface area (TPSA) is 66.4 Å². The van der Waals surface area contributed by atoms with Crippen molar-refractivity contribution in [1.29, 1.82) is 0 Å². The van der Waals surface area contributed by atoms with Crippen molar-refractivity contribution in [1.82, 2.24) is 0 Å². The van der Waals surface area contributed by atoms with E-state index in [9.17, 15) is 9.59 Å². The maximum absolute atomic E-state index is 12.4. The maximum Gasteiger partial charge on any atom is 0.307 e. The van der Waals surface area contributed by atoms with Crippen LogP contribution in [-0.2, 0) is 16.0 Å². The summed E-state index contributed by atoms with van der Waals surface area (Å²) in [7, 11) is 0. The minimum atomic E-state index is -0.869. The van der Waals surface area contributed by atoms with Crippen molar-refractivity contribution in [3.8, 4) is 0 Å². The van der Waals surface area contributed by atoms with Crippen LogP contribution >= 0.6 is 0 Å². The van der Waals surface area contributed by atoms with Crippen molar-refractivity contribution < 1.29 is 14.7 Å². The van der Waals surface area contributed by atoms with Crippen molar-refractivity contribution in [2.24, 2.45) is 0 Å². The standard InChI is InChI=1S/C18H19NO3/c1-2-16(14-6-4-3-5-7-14)18(22)19-15-10-8-13(9-11-15)12-17(20)21/h3-11,16H,2,12H2,1H3,(H,19,22)(H,20,21)/t16-/m0/s1. The van der Waals surface area contributed by atoms with Crippen molar-refractivity contribution >= 4 is 17.6 Å². The zero-order chi connectivity index (χ0) is 15.9. The fourth-order valence-electron chi connectivity index (χ4n) is 2.37. The van der Waals surface area contributed by atoms with Crippen LogP contribution in [0.5, 0.6) is 0 Å². The molecule has 2 N–H and O–H groups in total. The summed E-state index contributed by atoms with van der Waals surface area (Å²) in [6, 6.07) is 16.6. The molecular weight excluding hydrogens is 278 g/mol. The summed E-state index contributed by atoms with van der Waals surface area (Å²) in [5, 5.41) is 11.6. The third-order valence-electron chi connectivity index (χ3n) is 3.50. The van der Waals surface area contributed by atoms with E-state index in [-0.39, 0.29) is 18.2 Å². The molecule has 0 aliphatic heterocycles. The molecule has 1 atom stereocenters. The fraction of sp³-hybridized carbons (Fsp3) is 0.222. The number of carbonyl (C=O) groups excluding carboxylic acids is 1. The number of hydrogen-bond acceptors (Lipinski definition) is 2. The lowest BCUT2D eigenvalue weighted by molar-refractivity contribution is -0.136. The number of carboxylic acids is 1. The van der Waals surface area contributed by atoms with Crippen molar-refractivity contribution in [2.45, 2.75) is 25.7 Å². The molecule has 4 heteroatoms. The Hall–Kier alpha value is -2.62. The molecule has 0 heterocycles. The highest BCUT2D eigenvalue weighted by Gasteiger charge is 2.18. The van der Waals surface area contributed by atoms with Crippen LogP contribution in [0.15, 0.2) is 54.6 Å². The van der Waals surface area contributed by atoms with Crippen LogP contribution < -0.4 is 5.32 Å². The van der Waals surface area contributed by atoms with Crippen molar-refractivity contribution in [3.63, 3.8) is 0 Å². The fourth-order valence-corrected chi connectivity index (χ4v) is 2.37. The number of carboxylic acid groups (broad SMARTS) is 1. The van der Waals surface area contributed by atoms with Gasteiger partial charge < -0.3 is 10.4 Å². The highest BCUT2D eigenvalue weighted by Crippen LogP contribution is 2.21. The summed E-state index contributed by atoms with van der Waals surface area (Å²) in [4.78, 5) is 23.0. The van der Waals surface area contributed by atoms with Crippen LogP contribution in [0.2, 0.25) is 0 Å². The van der Waals surface area contributed by atoms with Crippen LogP contribution in [0.4, 0.5) is 5.69 Å². The largest absolute Gasteiger partial charge is 0.481 e. The van der Waals surface area contributed by atoms with Crippen LogP contribution in [0.25, 0.3) is 0 Å². The number of hydrogen-bond donors (Lipinski definition) is 2. The Morgan fingerprint density at radius 2 is 1.68 bits per heavy atom. The molecule has 0 bridgehead atoms. The zero-order valence-corrected chi connectivity index (χ0v) is 12.5. The molecule has 22 heavy (non-hydrogen) atoms. The zero-order valence-electron chi connectivity index (χ0n) is 12.5. The van der Waals surface area contributed by atoms with Crippen LogP contribution in [0.1, 0.15) is 30.4 Å². The third kappa shape index (κ3) is 4.19. The molecule has 2 rings (SSSR count). The Kier molecular flexibility index (Phi) is 5.31. The predicted molar refractivity (Wildman–Crippen MR) is 85.9 cm³/mol. The normalized spacial score (nSPS) is 11.7. The Labute approximate surface area is 129 Å². The minimum Gasteiger partial charge on any atom is -0.481 e. The molecule has 0 unspecified atom stereocenters. The molecule has 0 fully saturated rings. The second-order valence-corrected chi connectivity index (χ2v) is 5.13. The first-order chi connectivity index (χ1) is 10.6. The molecule has 4 nitrogen and oxygen atoms in total. The number of rotatable bonds is 6. The van der Waals surface area contributed by atoms with E-state index in [2.05, 4.69) is 5.32 Å². The van der Waals surface area contributed by atoms with Gasteiger partial charge in [0.1, 0.15) is 0 Å². The second-order valence-electron chi connectivity index (χ2n) is 5.13. The molecular formula is C18H19NO3. The Morgan fingerprint density at radius 1 is 1.05 bits per heavy atom. The number of benzene rings is 2. The molecule has 2 aromatic rings. The predicted octanol–water partition coefficient (Wildman–Crippen LogP) is 3.45. The van der Waals surface area contributed by atoms with Crippen molar-refractivity contribution in [3.05, 3.63) is 65.7 Å². The summed E-state index contributed by atoms with van der Waals surface area (Å²) in [6.07, 6.45) is 0.697. The number of aliphatic carboxylic acids is 1. The number of nitrogens with one attached hydrogen (secondary N) is 1. The van der Waals surface area contributed by atoms with E-state index in [1.807, 2.05) is 37.3 Å². The van der Waals surface area contributed by atoms with E-state index in [4.69, 9.17) is 5.11 Å². The average molecular weight is 297 g/mol. The lowest BCUT2D eigenvalue weighted by atomic mass is 9.95. The second kappa shape index (κ2) is 7.41. The third-order valence-corrected chi connectivity index (χ3v) is 3.50. The van der Waals surface area contributed by atoms with Gasteiger partial charge in [0.05, 0.1) is 12.3 Å². The van der Waals surface area contributed by atoms with E-state index in [0.29, 0.717) is 17.7 Å². The molecule has 0 saturated heterocycles. The SMILES string of the molecule is CC[C@H](C(=O)Nc1ccc(CC(=O)O)cc1)c1ccccc1. The molecule has 0 radical (unpaired) electrons. The van der Waals surface area contributed by atoms with Crippen LogP contribution in [0.3, 0.4) is 0 Å². The first-order valence-electron chi connectivity index (χ1n) is 7.26. The molecule has 2 aromatic carbocycles. The highest BCUT2D eigenvalue weighted by molar-refractivity contribution is 5.95.